The van der Waals surface area contributed by atoms with Gasteiger partial charge in [-0.2, -0.15) is 4.98 Å². The lowest BCUT2D eigenvalue weighted by atomic mass is 10.2. The van der Waals surface area contributed by atoms with E-state index in [2.05, 4.69) is 25.6 Å². The molecule has 0 saturated heterocycles. The number of benzene rings is 1. The fourth-order valence-corrected chi connectivity index (χ4v) is 2.96. The highest BCUT2D eigenvalue weighted by Gasteiger charge is 2.22. The molecule has 0 aliphatic heterocycles. The minimum Gasteiger partial charge on any atom is -0.351 e. The molecule has 0 atom stereocenters. The van der Waals surface area contributed by atoms with Crippen LogP contribution in [0.25, 0.3) is 11.3 Å². The van der Waals surface area contributed by atoms with Crippen LogP contribution in [0.5, 0.6) is 0 Å². The molecule has 1 aromatic carbocycles. The lowest BCUT2D eigenvalue weighted by Crippen LogP contribution is -2.07. The van der Waals surface area contributed by atoms with E-state index in [1.807, 2.05) is 18.2 Å². The van der Waals surface area contributed by atoms with E-state index in [1.54, 1.807) is 30.6 Å². The number of hydrogen-bond acceptors (Lipinski definition) is 5. The summed E-state index contributed by atoms with van der Waals surface area (Å²) in [6.45, 7) is 0. The Morgan fingerprint density at radius 3 is 2.32 bits per heavy atom. The molecular weight excluding hydrogens is 357 g/mol. The van der Waals surface area contributed by atoms with Crippen LogP contribution >= 0.6 is 23.2 Å². The van der Waals surface area contributed by atoms with Gasteiger partial charge in [0.15, 0.2) is 0 Å². The van der Waals surface area contributed by atoms with Crippen molar-refractivity contribution in [2.45, 2.75) is 18.9 Å². The number of pyridine rings is 1. The number of anilines is 3. The van der Waals surface area contributed by atoms with Gasteiger partial charge in [0.2, 0.25) is 5.95 Å². The third-order valence-corrected chi connectivity index (χ3v) is 4.18. The lowest BCUT2D eigenvalue weighted by molar-refractivity contribution is 1.06. The SMILES string of the molecule is Clc1cc(Cl)cc(Nc2cc(-c3ccncc3)nc(NC3CC3)n2)c1. The standard InChI is InChI=1S/C18H15Cl2N5/c19-12-7-13(20)9-15(8-12)22-17-10-16(11-3-5-21-6-4-11)24-18(25-17)23-14-1-2-14/h3-10,14H,1-2H2,(H2,22,23,24,25). The lowest BCUT2D eigenvalue weighted by Gasteiger charge is -2.11. The molecule has 2 heterocycles. The predicted octanol–water partition coefficient (Wildman–Crippen LogP) is 5.16. The van der Waals surface area contributed by atoms with Gasteiger partial charge in [-0.3, -0.25) is 4.98 Å². The van der Waals surface area contributed by atoms with Crippen LogP contribution in [-0.4, -0.2) is 21.0 Å². The molecule has 3 aromatic rings. The molecule has 25 heavy (non-hydrogen) atoms. The van der Waals surface area contributed by atoms with Crippen LogP contribution in [-0.2, 0) is 0 Å². The zero-order valence-electron chi connectivity index (χ0n) is 13.2. The fraction of sp³-hybridized carbons (Fsp3) is 0.167. The van der Waals surface area contributed by atoms with Crippen molar-refractivity contribution in [1.29, 1.82) is 0 Å². The first-order chi connectivity index (χ1) is 12.2. The van der Waals surface area contributed by atoms with E-state index in [-0.39, 0.29) is 0 Å². The quantitative estimate of drug-likeness (QED) is 0.648. The minimum atomic E-state index is 0.459. The highest BCUT2D eigenvalue weighted by molar-refractivity contribution is 6.35. The van der Waals surface area contributed by atoms with E-state index in [0.29, 0.717) is 27.9 Å². The fourth-order valence-electron chi connectivity index (χ4n) is 2.43. The Hall–Kier alpha value is -2.37. The number of hydrogen-bond donors (Lipinski definition) is 2. The van der Waals surface area contributed by atoms with Gasteiger partial charge in [-0.15, -0.1) is 0 Å². The highest BCUT2D eigenvalue weighted by Crippen LogP contribution is 2.29. The summed E-state index contributed by atoms with van der Waals surface area (Å²) in [4.78, 5) is 13.2. The molecule has 1 fully saturated rings. The van der Waals surface area contributed by atoms with Crippen LogP contribution in [0.15, 0.2) is 48.8 Å². The summed E-state index contributed by atoms with van der Waals surface area (Å²) in [5.74, 6) is 1.27. The van der Waals surface area contributed by atoms with Crippen LogP contribution in [0.3, 0.4) is 0 Å². The van der Waals surface area contributed by atoms with Crippen molar-refractivity contribution in [3.8, 4) is 11.3 Å². The van der Waals surface area contributed by atoms with Crippen molar-refractivity contribution in [3.05, 3.63) is 58.8 Å². The highest BCUT2D eigenvalue weighted by atomic mass is 35.5. The second-order valence-electron chi connectivity index (χ2n) is 5.90. The van der Waals surface area contributed by atoms with Gasteiger partial charge in [-0.25, -0.2) is 4.98 Å². The van der Waals surface area contributed by atoms with Crippen LogP contribution in [0, 0.1) is 0 Å². The maximum absolute atomic E-state index is 6.08. The van der Waals surface area contributed by atoms with Crippen molar-refractivity contribution >= 4 is 40.7 Å². The van der Waals surface area contributed by atoms with E-state index in [1.165, 1.54) is 0 Å². The Bertz CT molecular complexity index is 877. The normalized spacial score (nSPS) is 13.5. The minimum absolute atomic E-state index is 0.459. The Balaban J connectivity index is 1.70. The number of aromatic nitrogens is 3. The Morgan fingerprint density at radius 1 is 0.920 bits per heavy atom. The van der Waals surface area contributed by atoms with Gasteiger partial charge >= 0.3 is 0 Å². The van der Waals surface area contributed by atoms with Crippen LogP contribution in [0.2, 0.25) is 10.0 Å². The molecule has 0 unspecified atom stereocenters. The molecule has 5 nitrogen and oxygen atoms in total. The number of nitrogens with zero attached hydrogens (tertiary/aromatic N) is 3. The second kappa shape index (κ2) is 6.86. The largest absolute Gasteiger partial charge is 0.351 e. The molecule has 1 aliphatic rings. The molecule has 2 N–H and O–H groups in total. The summed E-state index contributed by atoms with van der Waals surface area (Å²) < 4.78 is 0. The average molecular weight is 372 g/mol. The molecular formula is C18H15Cl2N5. The average Bonchev–Trinajstić information content (AvgIpc) is 3.38. The van der Waals surface area contributed by atoms with Crippen LogP contribution in [0.4, 0.5) is 17.5 Å². The maximum Gasteiger partial charge on any atom is 0.225 e. The first-order valence-electron chi connectivity index (χ1n) is 7.95. The van der Waals surface area contributed by atoms with Crippen LogP contribution < -0.4 is 10.6 Å². The smallest absolute Gasteiger partial charge is 0.225 e. The first kappa shape index (κ1) is 16.1. The zero-order chi connectivity index (χ0) is 17.2. The third-order valence-electron chi connectivity index (χ3n) is 3.75. The monoisotopic (exact) mass is 371 g/mol. The summed E-state index contributed by atoms with van der Waals surface area (Å²) in [5.41, 5.74) is 2.56. The van der Waals surface area contributed by atoms with Crippen molar-refractivity contribution < 1.29 is 0 Å². The molecule has 7 heteroatoms. The van der Waals surface area contributed by atoms with Crippen molar-refractivity contribution in [2.24, 2.45) is 0 Å². The van der Waals surface area contributed by atoms with Gasteiger partial charge in [-0.05, 0) is 43.2 Å². The molecule has 0 bridgehead atoms. The van der Waals surface area contributed by atoms with E-state index in [0.717, 1.165) is 29.8 Å². The molecule has 0 spiro atoms. The summed E-state index contributed by atoms with van der Waals surface area (Å²) in [6.07, 6.45) is 5.79. The van der Waals surface area contributed by atoms with Crippen molar-refractivity contribution in [2.75, 3.05) is 10.6 Å². The van der Waals surface area contributed by atoms with E-state index >= 15 is 0 Å². The predicted molar refractivity (Wildman–Crippen MR) is 102 cm³/mol. The maximum atomic E-state index is 6.08. The Morgan fingerprint density at radius 2 is 1.64 bits per heavy atom. The number of rotatable bonds is 5. The summed E-state index contributed by atoms with van der Waals surface area (Å²) >= 11 is 12.2. The van der Waals surface area contributed by atoms with E-state index in [9.17, 15) is 0 Å². The van der Waals surface area contributed by atoms with Gasteiger partial charge in [0.05, 0.1) is 5.69 Å². The van der Waals surface area contributed by atoms with Gasteiger partial charge in [0.25, 0.3) is 0 Å². The molecule has 2 aromatic heterocycles. The third kappa shape index (κ3) is 4.18. The van der Waals surface area contributed by atoms with Crippen molar-refractivity contribution in [3.63, 3.8) is 0 Å². The molecule has 0 amide bonds. The Labute approximate surface area is 155 Å². The van der Waals surface area contributed by atoms with Crippen molar-refractivity contribution in [1.82, 2.24) is 15.0 Å². The van der Waals surface area contributed by atoms with Gasteiger partial charge < -0.3 is 10.6 Å². The van der Waals surface area contributed by atoms with E-state index in [4.69, 9.17) is 23.2 Å². The first-order valence-corrected chi connectivity index (χ1v) is 8.70. The summed E-state index contributed by atoms with van der Waals surface area (Å²) in [6, 6.07) is 11.5. The summed E-state index contributed by atoms with van der Waals surface area (Å²) in [5, 5.41) is 7.73. The zero-order valence-corrected chi connectivity index (χ0v) is 14.7. The van der Waals surface area contributed by atoms with Crippen LogP contribution in [0.1, 0.15) is 12.8 Å². The Kier molecular flexibility index (Phi) is 4.42. The second-order valence-corrected chi connectivity index (χ2v) is 6.77. The van der Waals surface area contributed by atoms with Gasteiger partial charge in [0, 0.05) is 45.8 Å². The molecule has 4 rings (SSSR count). The number of halogens is 2. The van der Waals surface area contributed by atoms with E-state index < -0.39 is 0 Å². The number of nitrogens with one attached hydrogen (secondary N) is 2. The van der Waals surface area contributed by atoms with Gasteiger partial charge in [0.1, 0.15) is 5.82 Å². The topological polar surface area (TPSA) is 62.7 Å². The molecule has 1 saturated carbocycles. The van der Waals surface area contributed by atoms with Gasteiger partial charge in [-0.1, -0.05) is 23.2 Å². The molecule has 126 valence electrons. The summed E-state index contributed by atoms with van der Waals surface area (Å²) in [7, 11) is 0. The molecule has 0 radical (unpaired) electrons. The molecule has 1 aliphatic carbocycles.